The summed E-state index contributed by atoms with van der Waals surface area (Å²) in [6.45, 7) is 5.08. The van der Waals surface area contributed by atoms with Crippen LogP contribution in [-0.2, 0) is 0 Å². The predicted molar refractivity (Wildman–Crippen MR) is 44.7 cm³/mol. The summed E-state index contributed by atoms with van der Waals surface area (Å²) in [5.41, 5.74) is 1.91. The summed E-state index contributed by atoms with van der Waals surface area (Å²) in [6, 6.07) is 0. The van der Waals surface area contributed by atoms with Crippen molar-refractivity contribution < 1.29 is 0 Å². The summed E-state index contributed by atoms with van der Waals surface area (Å²) in [4.78, 5) is 0. The Kier molecular flexibility index (Phi) is 6.98. The van der Waals surface area contributed by atoms with Crippen LogP contribution in [0, 0.1) is 11.1 Å². The van der Waals surface area contributed by atoms with Crippen molar-refractivity contribution in [2.24, 2.45) is 5.92 Å². The van der Waals surface area contributed by atoms with E-state index in [0.29, 0.717) is 6.54 Å². The molecule has 0 aliphatic carbocycles. The third kappa shape index (κ3) is 7.92. The predicted octanol–water partition coefficient (Wildman–Crippen LogP) is 2.29. The SMILES string of the molecule is CC(C)CCCCCN[O-]. The van der Waals surface area contributed by atoms with Crippen LogP contribution in [0.5, 0.6) is 0 Å². The van der Waals surface area contributed by atoms with Gasteiger partial charge < -0.3 is 10.7 Å². The minimum atomic E-state index is 0.623. The van der Waals surface area contributed by atoms with Crippen molar-refractivity contribution in [3.05, 3.63) is 5.21 Å². The zero-order valence-corrected chi connectivity index (χ0v) is 7.02. The fourth-order valence-electron chi connectivity index (χ4n) is 0.927. The van der Waals surface area contributed by atoms with Crippen molar-refractivity contribution in [2.45, 2.75) is 39.5 Å². The lowest BCUT2D eigenvalue weighted by atomic mass is 10.1. The van der Waals surface area contributed by atoms with Crippen molar-refractivity contribution in [3.63, 3.8) is 0 Å². The second-order valence-electron chi connectivity index (χ2n) is 3.14. The Bertz CT molecular complexity index is 64.3. The van der Waals surface area contributed by atoms with Gasteiger partial charge in [0.15, 0.2) is 0 Å². The van der Waals surface area contributed by atoms with Crippen molar-refractivity contribution in [1.82, 2.24) is 5.48 Å². The summed E-state index contributed by atoms with van der Waals surface area (Å²) in [5, 5.41) is 9.78. The fraction of sp³-hybridized carbons (Fsp3) is 1.00. The average Bonchev–Trinajstić information content (AvgIpc) is 1.87. The summed E-state index contributed by atoms with van der Waals surface area (Å²) in [6.07, 6.45) is 4.77. The highest BCUT2D eigenvalue weighted by Crippen LogP contribution is 2.06. The Balaban J connectivity index is 2.77. The molecule has 0 saturated carbocycles. The van der Waals surface area contributed by atoms with Crippen LogP contribution in [0.2, 0.25) is 0 Å². The lowest BCUT2D eigenvalue weighted by Crippen LogP contribution is -2.04. The molecule has 0 amide bonds. The third-order valence-corrected chi connectivity index (χ3v) is 1.56. The third-order valence-electron chi connectivity index (χ3n) is 1.56. The molecule has 10 heavy (non-hydrogen) atoms. The van der Waals surface area contributed by atoms with Crippen molar-refractivity contribution in [2.75, 3.05) is 6.54 Å². The maximum atomic E-state index is 9.78. The standard InChI is InChI=1S/C8H18NO/c1-8(2)6-4-3-5-7-9-10/h8-9H,3-7H2,1-2H3/q-1. The van der Waals surface area contributed by atoms with E-state index in [9.17, 15) is 5.21 Å². The topological polar surface area (TPSA) is 35.1 Å². The molecule has 0 unspecified atom stereocenters. The van der Waals surface area contributed by atoms with Crippen LogP contribution in [0.3, 0.4) is 0 Å². The summed E-state index contributed by atoms with van der Waals surface area (Å²) >= 11 is 0. The van der Waals surface area contributed by atoms with Gasteiger partial charge in [-0.3, -0.25) is 0 Å². The second kappa shape index (κ2) is 7.03. The molecule has 0 aromatic rings. The molecule has 0 aromatic carbocycles. The number of unbranched alkanes of at least 4 members (excludes halogenated alkanes) is 2. The van der Waals surface area contributed by atoms with Gasteiger partial charge in [0.1, 0.15) is 0 Å². The van der Waals surface area contributed by atoms with Crippen LogP contribution in [0.15, 0.2) is 0 Å². The Hall–Kier alpha value is -0.0800. The van der Waals surface area contributed by atoms with E-state index in [4.69, 9.17) is 0 Å². The molecular weight excluding hydrogens is 126 g/mol. The van der Waals surface area contributed by atoms with Gasteiger partial charge in [-0.1, -0.05) is 33.1 Å². The second-order valence-corrected chi connectivity index (χ2v) is 3.14. The Morgan fingerprint density at radius 2 is 1.90 bits per heavy atom. The van der Waals surface area contributed by atoms with Gasteiger partial charge in [0, 0.05) is 0 Å². The first-order valence-corrected chi connectivity index (χ1v) is 4.12. The van der Waals surface area contributed by atoms with Crippen LogP contribution in [0.4, 0.5) is 0 Å². The number of hydrogen-bond acceptors (Lipinski definition) is 2. The highest BCUT2D eigenvalue weighted by atomic mass is 16.5. The van der Waals surface area contributed by atoms with Gasteiger partial charge in [-0.15, -0.1) is 0 Å². The maximum Gasteiger partial charge on any atom is -0.0170 e. The first-order chi connectivity index (χ1) is 4.77. The molecule has 0 bridgehead atoms. The fourth-order valence-corrected chi connectivity index (χ4v) is 0.927. The van der Waals surface area contributed by atoms with Crippen molar-refractivity contribution in [1.29, 1.82) is 0 Å². The van der Waals surface area contributed by atoms with Gasteiger partial charge in [-0.2, -0.15) is 0 Å². The molecule has 0 saturated heterocycles. The van der Waals surface area contributed by atoms with Crippen LogP contribution >= 0.6 is 0 Å². The van der Waals surface area contributed by atoms with Crippen LogP contribution in [0.1, 0.15) is 39.5 Å². The van der Waals surface area contributed by atoms with E-state index in [1.165, 1.54) is 19.3 Å². The Labute approximate surface area is 63.6 Å². The quantitative estimate of drug-likeness (QED) is 0.458. The molecular formula is C8H18NO-. The molecule has 0 radical (unpaired) electrons. The minimum absolute atomic E-state index is 0.623. The van der Waals surface area contributed by atoms with Gasteiger partial charge >= 0.3 is 0 Å². The molecule has 2 nitrogen and oxygen atoms in total. The molecule has 0 rings (SSSR count). The molecule has 1 N–H and O–H groups in total. The lowest BCUT2D eigenvalue weighted by Gasteiger charge is -2.07. The van der Waals surface area contributed by atoms with Gasteiger partial charge in [-0.05, 0) is 18.9 Å². The summed E-state index contributed by atoms with van der Waals surface area (Å²) in [5.74, 6) is 0.806. The molecule has 0 spiro atoms. The lowest BCUT2D eigenvalue weighted by molar-refractivity contribution is 0.524. The minimum Gasteiger partial charge on any atom is -0.788 e. The highest BCUT2D eigenvalue weighted by Gasteiger charge is 1.92. The largest absolute Gasteiger partial charge is 0.788 e. The van der Waals surface area contributed by atoms with Crippen molar-refractivity contribution in [3.8, 4) is 0 Å². The first kappa shape index (κ1) is 9.92. The van der Waals surface area contributed by atoms with E-state index in [-0.39, 0.29) is 0 Å². The van der Waals surface area contributed by atoms with Crippen molar-refractivity contribution >= 4 is 0 Å². The molecule has 0 fully saturated rings. The monoisotopic (exact) mass is 144 g/mol. The van der Waals surface area contributed by atoms with Gasteiger partial charge in [0.25, 0.3) is 0 Å². The molecule has 0 aliphatic heterocycles. The van der Waals surface area contributed by atoms with Crippen LogP contribution < -0.4 is 5.48 Å². The molecule has 2 heteroatoms. The summed E-state index contributed by atoms with van der Waals surface area (Å²) in [7, 11) is 0. The smallest absolute Gasteiger partial charge is 0.0170 e. The zero-order valence-electron chi connectivity index (χ0n) is 7.02. The van der Waals surface area contributed by atoms with E-state index < -0.39 is 0 Å². The molecule has 0 atom stereocenters. The number of rotatable bonds is 6. The summed E-state index contributed by atoms with van der Waals surface area (Å²) < 4.78 is 0. The number of nitrogens with one attached hydrogen (secondary N) is 1. The van der Waals surface area contributed by atoms with Crippen LogP contribution in [0.25, 0.3) is 0 Å². The van der Waals surface area contributed by atoms with E-state index in [1.54, 1.807) is 0 Å². The Morgan fingerprint density at radius 1 is 1.20 bits per heavy atom. The van der Waals surface area contributed by atoms with Gasteiger partial charge in [-0.25, -0.2) is 0 Å². The normalized spacial score (nSPS) is 10.8. The highest BCUT2D eigenvalue weighted by molar-refractivity contribution is 4.49. The molecule has 0 aliphatic rings. The molecule has 62 valence electrons. The zero-order chi connectivity index (χ0) is 7.82. The van der Waals surface area contributed by atoms with Crippen LogP contribution in [-0.4, -0.2) is 6.54 Å². The van der Waals surface area contributed by atoms with E-state index in [0.717, 1.165) is 12.3 Å². The molecule has 0 heterocycles. The number of hydroxylamine groups is 1. The maximum absolute atomic E-state index is 9.78. The van der Waals surface area contributed by atoms with E-state index in [2.05, 4.69) is 13.8 Å². The average molecular weight is 144 g/mol. The van der Waals surface area contributed by atoms with E-state index >= 15 is 0 Å². The number of hydrogen-bond donors (Lipinski definition) is 1. The van der Waals surface area contributed by atoms with E-state index in [1.807, 2.05) is 5.48 Å². The first-order valence-electron chi connectivity index (χ1n) is 4.12. The van der Waals surface area contributed by atoms with Gasteiger partial charge in [0.05, 0.1) is 0 Å². The van der Waals surface area contributed by atoms with Gasteiger partial charge in [0.2, 0.25) is 0 Å². The Morgan fingerprint density at radius 3 is 2.40 bits per heavy atom. The molecule has 0 aromatic heterocycles.